The van der Waals surface area contributed by atoms with Crippen LogP contribution in [0, 0.1) is 0 Å². The number of carbonyl (C=O) groups is 1. The first-order valence-electron chi connectivity index (χ1n) is 8.04. The van der Waals surface area contributed by atoms with Crippen molar-refractivity contribution in [1.29, 1.82) is 0 Å². The predicted octanol–water partition coefficient (Wildman–Crippen LogP) is 3.60. The number of benzene rings is 1. The smallest absolute Gasteiger partial charge is 0.274 e. The number of nitrogens with zero attached hydrogens (tertiary/aromatic N) is 4. The van der Waals surface area contributed by atoms with Crippen molar-refractivity contribution in [2.24, 2.45) is 0 Å². The van der Waals surface area contributed by atoms with Gasteiger partial charge in [0.15, 0.2) is 0 Å². The van der Waals surface area contributed by atoms with E-state index in [0.29, 0.717) is 29.5 Å². The van der Waals surface area contributed by atoms with Crippen molar-refractivity contribution >= 4 is 40.4 Å². The molecule has 1 fully saturated rings. The fraction of sp³-hybridized carbons (Fsp3) is 0.222. The van der Waals surface area contributed by atoms with Gasteiger partial charge in [0.2, 0.25) is 0 Å². The molecular weight excluding hydrogens is 359 g/mol. The molecule has 0 saturated carbocycles. The van der Waals surface area contributed by atoms with Crippen LogP contribution in [0.4, 0.5) is 5.69 Å². The zero-order chi connectivity index (χ0) is 17.4. The molecule has 2 aromatic heterocycles. The lowest BCUT2D eigenvalue weighted by molar-refractivity contribution is 0.0741. The lowest BCUT2D eigenvalue weighted by Gasteiger charge is -2.35. The molecule has 3 heterocycles. The average Bonchev–Trinajstić information content (AvgIpc) is 3.04. The Morgan fingerprint density at radius 2 is 1.76 bits per heavy atom. The van der Waals surface area contributed by atoms with Crippen LogP contribution in [-0.4, -0.2) is 46.4 Å². The van der Waals surface area contributed by atoms with Crippen LogP contribution in [-0.2, 0) is 0 Å². The molecule has 7 heteroatoms. The lowest BCUT2D eigenvalue weighted by atomic mass is 10.2. The van der Waals surface area contributed by atoms with Crippen molar-refractivity contribution < 1.29 is 4.79 Å². The van der Waals surface area contributed by atoms with Gasteiger partial charge in [-0.1, -0.05) is 29.3 Å². The van der Waals surface area contributed by atoms with Gasteiger partial charge in [0.05, 0.1) is 5.02 Å². The van der Waals surface area contributed by atoms with Crippen molar-refractivity contribution in [3.8, 4) is 0 Å². The molecule has 4 rings (SSSR count). The summed E-state index contributed by atoms with van der Waals surface area (Å²) in [7, 11) is 0. The summed E-state index contributed by atoms with van der Waals surface area (Å²) in [6.45, 7) is 2.84. The van der Waals surface area contributed by atoms with Crippen molar-refractivity contribution in [1.82, 2.24) is 14.3 Å². The van der Waals surface area contributed by atoms with E-state index >= 15 is 0 Å². The quantitative estimate of drug-likeness (QED) is 0.687. The van der Waals surface area contributed by atoms with Crippen molar-refractivity contribution in [2.45, 2.75) is 0 Å². The summed E-state index contributed by atoms with van der Waals surface area (Å²) in [6, 6.07) is 11.4. The number of halogens is 2. The molecule has 0 atom stereocenters. The van der Waals surface area contributed by atoms with Crippen LogP contribution < -0.4 is 4.90 Å². The second-order valence-electron chi connectivity index (χ2n) is 6.00. The van der Waals surface area contributed by atoms with Gasteiger partial charge >= 0.3 is 0 Å². The van der Waals surface area contributed by atoms with Gasteiger partial charge in [0.25, 0.3) is 5.91 Å². The number of hydrogen-bond donors (Lipinski definition) is 0. The third-order valence-corrected chi connectivity index (χ3v) is 4.83. The molecule has 1 aromatic carbocycles. The SMILES string of the molecule is O=C(c1cn2cc(Cl)ccc2n1)N1CCN(c2cccc(Cl)c2)CC1. The van der Waals surface area contributed by atoms with Gasteiger partial charge in [-0.25, -0.2) is 4.98 Å². The summed E-state index contributed by atoms with van der Waals surface area (Å²) < 4.78 is 1.78. The Labute approximate surface area is 155 Å². The topological polar surface area (TPSA) is 40.9 Å². The van der Waals surface area contributed by atoms with E-state index in [1.165, 1.54) is 0 Å². The Hall–Kier alpha value is -2.24. The van der Waals surface area contributed by atoms with Gasteiger partial charge in [-0.05, 0) is 30.3 Å². The summed E-state index contributed by atoms with van der Waals surface area (Å²) in [4.78, 5) is 21.2. The van der Waals surface area contributed by atoms with Gasteiger partial charge < -0.3 is 14.2 Å². The zero-order valence-corrected chi connectivity index (χ0v) is 14.9. The third-order valence-electron chi connectivity index (χ3n) is 4.37. The highest BCUT2D eigenvalue weighted by molar-refractivity contribution is 6.31. The third kappa shape index (κ3) is 3.30. The maximum absolute atomic E-state index is 12.7. The molecular formula is C18H16Cl2N4O. The maximum atomic E-state index is 12.7. The number of imidazole rings is 1. The first kappa shape index (κ1) is 16.2. The second kappa shape index (κ2) is 6.58. The summed E-state index contributed by atoms with van der Waals surface area (Å²) in [6.07, 6.45) is 3.48. The highest BCUT2D eigenvalue weighted by Crippen LogP contribution is 2.21. The van der Waals surface area contributed by atoms with Crippen LogP contribution in [0.1, 0.15) is 10.5 Å². The first-order valence-corrected chi connectivity index (χ1v) is 8.80. The Bertz CT molecular complexity index is 932. The summed E-state index contributed by atoms with van der Waals surface area (Å²) in [5.74, 6) is -0.0504. The van der Waals surface area contributed by atoms with Gasteiger partial charge in [-0.2, -0.15) is 0 Å². The molecule has 0 N–H and O–H groups in total. The minimum Gasteiger partial charge on any atom is -0.368 e. The highest BCUT2D eigenvalue weighted by Gasteiger charge is 2.24. The molecule has 25 heavy (non-hydrogen) atoms. The minimum absolute atomic E-state index is 0.0504. The van der Waals surface area contributed by atoms with Gasteiger partial charge in [0, 0.05) is 49.3 Å². The molecule has 128 valence electrons. The fourth-order valence-corrected chi connectivity index (χ4v) is 3.42. The lowest BCUT2D eigenvalue weighted by Crippen LogP contribution is -2.48. The Morgan fingerprint density at radius 1 is 0.960 bits per heavy atom. The number of aromatic nitrogens is 2. The van der Waals surface area contributed by atoms with Crippen LogP contribution in [0.3, 0.4) is 0 Å². The van der Waals surface area contributed by atoms with E-state index in [0.717, 1.165) is 23.8 Å². The highest BCUT2D eigenvalue weighted by atomic mass is 35.5. The molecule has 1 aliphatic rings. The second-order valence-corrected chi connectivity index (χ2v) is 6.87. The molecule has 0 radical (unpaired) electrons. The number of piperazine rings is 1. The molecule has 5 nitrogen and oxygen atoms in total. The average molecular weight is 375 g/mol. The van der Waals surface area contributed by atoms with E-state index in [4.69, 9.17) is 23.2 Å². The van der Waals surface area contributed by atoms with Gasteiger partial charge in [-0.3, -0.25) is 4.79 Å². The van der Waals surface area contributed by atoms with Crippen molar-refractivity contribution in [3.05, 3.63) is 64.5 Å². The number of carbonyl (C=O) groups excluding carboxylic acids is 1. The minimum atomic E-state index is -0.0504. The predicted molar refractivity (Wildman–Crippen MR) is 99.8 cm³/mol. The largest absolute Gasteiger partial charge is 0.368 e. The van der Waals surface area contributed by atoms with Crippen LogP contribution in [0.2, 0.25) is 10.0 Å². The zero-order valence-electron chi connectivity index (χ0n) is 13.4. The monoisotopic (exact) mass is 374 g/mol. The molecule has 1 saturated heterocycles. The summed E-state index contributed by atoms with van der Waals surface area (Å²) >= 11 is 12.0. The van der Waals surface area contributed by atoms with Crippen LogP contribution in [0.5, 0.6) is 0 Å². The molecule has 0 aliphatic carbocycles. The van der Waals surface area contributed by atoms with E-state index in [1.54, 1.807) is 28.9 Å². The number of anilines is 1. The van der Waals surface area contributed by atoms with Crippen LogP contribution in [0.15, 0.2) is 48.8 Å². The van der Waals surface area contributed by atoms with E-state index in [1.807, 2.05) is 29.2 Å². The molecule has 1 aliphatic heterocycles. The molecule has 3 aromatic rings. The molecule has 0 unspecified atom stereocenters. The summed E-state index contributed by atoms with van der Waals surface area (Å²) in [5.41, 5.74) is 2.24. The van der Waals surface area contributed by atoms with Crippen molar-refractivity contribution in [3.63, 3.8) is 0 Å². The van der Waals surface area contributed by atoms with Crippen LogP contribution in [0.25, 0.3) is 5.65 Å². The number of fused-ring (bicyclic) bond motifs is 1. The Kier molecular flexibility index (Phi) is 4.27. The van der Waals surface area contributed by atoms with Gasteiger partial charge in [0.1, 0.15) is 11.3 Å². The molecule has 0 bridgehead atoms. The fourth-order valence-electron chi connectivity index (χ4n) is 3.07. The van der Waals surface area contributed by atoms with E-state index in [9.17, 15) is 4.79 Å². The Morgan fingerprint density at radius 3 is 2.52 bits per heavy atom. The number of pyridine rings is 1. The Balaban J connectivity index is 1.47. The van der Waals surface area contributed by atoms with E-state index in [-0.39, 0.29) is 5.91 Å². The normalized spacial score (nSPS) is 15.0. The van der Waals surface area contributed by atoms with E-state index in [2.05, 4.69) is 9.88 Å². The number of hydrogen-bond acceptors (Lipinski definition) is 3. The van der Waals surface area contributed by atoms with Crippen molar-refractivity contribution in [2.75, 3.05) is 31.1 Å². The number of amides is 1. The molecule has 0 spiro atoms. The van der Waals surface area contributed by atoms with Crippen LogP contribution >= 0.6 is 23.2 Å². The summed E-state index contributed by atoms with van der Waals surface area (Å²) in [5, 5.41) is 1.33. The maximum Gasteiger partial charge on any atom is 0.274 e. The standard InChI is InChI=1S/C18H16Cl2N4O/c19-13-2-1-3-15(10-13)22-6-8-23(9-7-22)18(25)16-12-24-11-14(20)4-5-17(24)21-16/h1-5,10-12H,6-9H2. The number of rotatable bonds is 2. The van der Waals surface area contributed by atoms with E-state index < -0.39 is 0 Å². The van der Waals surface area contributed by atoms with Gasteiger partial charge in [-0.15, -0.1) is 0 Å². The first-order chi connectivity index (χ1) is 12.1. The molecule has 1 amide bonds.